The second-order valence-corrected chi connectivity index (χ2v) is 8.28. The first kappa shape index (κ1) is 20.6. The third-order valence-electron chi connectivity index (χ3n) is 5.04. The summed E-state index contributed by atoms with van der Waals surface area (Å²) >= 11 is 12.0. The molecule has 0 aromatic heterocycles. The predicted octanol–water partition coefficient (Wildman–Crippen LogP) is 6.55. The Morgan fingerprint density at radius 1 is 0.700 bits per heavy atom. The van der Waals surface area contributed by atoms with Gasteiger partial charge in [-0.15, -0.1) is 0 Å². The number of piperidine rings is 1. The van der Waals surface area contributed by atoms with E-state index >= 15 is 0 Å². The lowest BCUT2D eigenvalue weighted by atomic mass is 9.94. The van der Waals surface area contributed by atoms with Crippen molar-refractivity contribution in [2.75, 3.05) is 13.1 Å². The minimum absolute atomic E-state index is 0.0872. The van der Waals surface area contributed by atoms with Crippen LogP contribution in [0.3, 0.4) is 0 Å². The molecule has 4 heteroatoms. The zero-order valence-electron chi connectivity index (χ0n) is 16.4. The Bertz CT molecular complexity index is 1020. The quantitative estimate of drug-likeness (QED) is 0.435. The Hall–Kier alpha value is -2.65. The van der Waals surface area contributed by atoms with Gasteiger partial charge in [-0.3, -0.25) is 9.69 Å². The molecule has 4 rings (SSSR count). The van der Waals surface area contributed by atoms with Crippen molar-refractivity contribution in [1.29, 1.82) is 0 Å². The molecular weight excluding hydrogens is 413 g/mol. The van der Waals surface area contributed by atoms with E-state index in [0.29, 0.717) is 23.1 Å². The van der Waals surface area contributed by atoms with Gasteiger partial charge in [0.1, 0.15) is 0 Å². The summed E-state index contributed by atoms with van der Waals surface area (Å²) in [7, 11) is 0. The molecule has 0 aliphatic carbocycles. The molecule has 0 radical (unpaired) electrons. The number of carbonyl (C=O) groups is 1. The highest BCUT2D eigenvalue weighted by molar-refractivity contribution is 6.30. The number of rotatable bonds is 4. The van der Waals surface area contributed by atoms with Gasteiger partial charge in [0.05, 0.1) is 0 Å². The summed E-state index contributed by atoms with van der Waals surface area (Å²) in [5, 5.41) is 1.36. The van der Waals surface area contributed by atoms with Crippen LogP contribution in [0.4, 0.5) is 0 Å². The summed E-state index contributed by atoms with van der Waals surface area (Å²) in [5.74, 6) is 0.0872. The molecule has 30 heavy (non-hydrogen) atoms. The van der Waals surface area contributed by atoms with Crippen LogP contribution in [0.15, 0.2) is 90.0 Å². The fraction of sp³-hybridized carbons (Fsp3) is 0.115. The molecule has 0 atom stereocenters. The van der Waals surface area contributed by atoms with Crippen LogP contribution in [-0.4, -0.2) is 23.8 Å². The van der Waals surface area contributed by atoms with Crippen LogP contribution in [-0.2, 0) is 11.3 Å². The lowest BCUT2D eigenvalue weighted by Gasteiger charge is -2.30. The highest BCUT2D eigenvalue weighted by Gasteiger charge is 2.26. The monoisotopic (exact) mass is 433 g/mol. The summed E-state index contributed by atoms with van der Waals surface area (Å²) in [6.07, 6.45) is 3.93. The smallest absolute Gasteiger partial charge is 0.187 e. The summed E-state index contributed by atoms with van der Waals surface area (Å²) in [6, 6.07) is 25.4. The zero-order valence-corrected chi connectivity index (χ0v) is 17.9. The van der Waals surface area contributed by atoms with E-state index in [1.54, 1.807) is 0 Å². The van der Waals surface area contributed by atoms with E-state index in [4.69, 9.17) is 23.2 Å². The van der Waals surface area contributed by atoms with E-state index in [1.807, 2.05) is 78.9 Å². The van der Waals surface area contributed by atoms with E-state index in [2.05, 4.69) is 17.0 Å². The van der Waals surface area contributed by atoms with E-state index in [1.165, 1.54) is 5.56 Å². The standard InChI is InChI=1S/C26H21Cl2NO/c27-24-10-6-19(7-11-24)14-22-17-29(16-21-4-2-1-3-5-21)18-23(26(22)30)15-20-8-12-25(28)13-9-20/h1-15H,16-18H2/b22-14-,23-15+. The molecule has 150 valence electrons. The molecule has 1 heterocycles. The van der Waals surface area contributed by atoms with Gasteiger partial charge in [-0.05, 0) is 53.1 Å². The SMILES string of the molecule is O=C1/C(=C\c2ccc(Cl)cc2)CN(Cc2ccccc2)C/C1=C\c1ccc(Cl)cc1. The molecule has 0 spiro atoms. The Morgan fingerprint density at radius 2 is 1.17 bits per heavy atom. The number of benzene rings is 3. The van der Waals surface area contributed by atoms with Crippen molar-refractivity contribution in [3.8, 4) is 0 Å². The number of carbonyl (C=O) groups excluding carboxylic acids is 1. The van der Waals surface area contributed by atoms with E-state index in [9.17, 15) is 4.79 Å². The maximum atomic E-state index is 13.3. The Kier molecular flexibility index (Phi) is 6.49. The molecule has 0 N–H and O–H groups in total. The van der Waals surface area contributed by atoms with Gasteiger partial charge >= 0.3 is 0 Å². The van der Waals surface area contributed by atoms with Crippen molar-refractivity contribution in [2.24, 2.45) is 0 Å². The number of halogens is 2. The average Bonchev–Trinajstić information content (AvgIpc) is 2.75. The lowest BCUT2D eigenvalue weighted by molar-refractivity contribution is -0.113. The topological polar surface area (TPSA) is 20.3 Å². The molecule has 1 saturated heterocycles. The van der Waals surface area contributed by atoms with Gasteiger partial charge in [-0.2, -0.15) is 0 Å². The van der Waals surface area contributed by atoms with Gasteiger partial charge < -0.3 is 0 Å². The Morgan fingerprint density at radius 3 is 1.63 bits per heavy atom. The summed E-state index contributed by atoms with van der Waals surface area (Å²) < 4.78 is 0. The molecule has 0 unspecified atom stereocenters. The van der Waals surface area contributed by atoms with Gasteiger partial charge in [-0.25, -0.2) is 0 Å². The van der Waals surface area contributed by atoms with Gasteiger partial charge in [0.15, 0.2) is 5.78 Å². The number of hydrogen-bond donors (Lipinski definition) is 0. The molecule has 0 saturated carbocycles. The highest BCUT2D eigenvalue weighted by atomic mass is 35.5. The van der Waals surface area contributed by atoms with Crippen LogP contribution in [0.2, 0.25) is 10.0 Å². The molecule has 1 aliphatic rings. The molecule has 0 bridgehead atoms. The van der Waals surface area contributed by atoms with Crippen LogP contribution >= 0.6 is 23.2 Å². The van der Waals surface area contributed by atoms with Gasteiger partial charge in [-0.1, -0.05) is 77.8 Å². The zero-order chi connectivity index (χ0) is 20.9. The van der Waals surface area contributed by atoms with Gasteiger partial charge in [0.2, 0.25) is 0 Å². The predicted molar refractivity (Wildman–Crippen MR) is 126 cm³/mol. The lowest BCUT2D eigenvalue weighted by Crippen LogP contribution is -2.37. The summed E-state index contributed by atoms with van der Waals surface area (Å²) in [6.45, 7) is 1.99. The Balaban J connectivity index is 1.67. The minimum Gasteiger partial charge on any atom is -0.290 e. The molecule has 2 nitrogen and oxygen atoms in total. The molecule has 3 aromatic carbocycles. The number of Topliss-reactive ketones (excluding diaryl/α,β-unsaturated/α-hetero) is 1. The largest absolute Gasteiger partial charge is 0.290 e. The summed E-state index contributed by atoms with van der Waals surface area (Å²) in [5.41, 5.74) is 4.72. The first-order chi connectivity index (χ1) is 14.6. The average molecular weight is 434 g/mol. The van der Waals surface area contributed by atoms with E-state index in [0.717, 1.165) is 28.8 Å². The summed E-state index contributed by atoms with van der Waals surface area (Å²) in [4.78, 5) is 15.5. The molecule has 1 aliphatic heterocycles. The third kappa shape index (κ3) is 5.28. The van der Waals surface area contributed by atoms with Crippen LogP contribution in [0.5, 0.6) is 0 Å². The molecule has 0 amide bonds. The minimum atomic E-state index is 0.0872. The fourth-order valence-corrected chi connectivity index (χ4v) is 3.84. The van der Waals surface area contributed by atoms with E-state index < -0.39 is 0 Å². The maximum absolute atomic E-state index is 13.3. The second kappa shape index (κ2) is 9.44. The van der Waals surface area contributed by atoms with Crippen LogP contribution in [0, 0.1) is 0 Å². The van der Waals surface area contributed by atoms with Crippen LogP contribution in [0.25, 0.3) is 12.2 Å². The van der Waals surface area contributed by atoms with E-state index in [-0.39, 0.29) is 5.78 Å². The third-order valence-corrected chi connectivity index (χ3v) is 5.55. The first-order valence-electron chi connectivity index (χ1n) is 9.80. The molecular formula is C26H21Cl2NO. The van der Waals surface area contributed by atoms with Crippen molar-refractivity contribution in [3.05, 3.63) is 117 Å². The van der Waals surface area contributed by atoms with Crippen molar-refractivity contribution >= 4 is 41.1 Å². The van der Waals surface area contributed by atoms with Crippen molar-refractivity contribution in [2.45, 2.75) is 6.54 Å². The number of likely N-dealkylation sites (tertiary alicyclic amines) is 1. The van der Waals surface area contributed by atoms with Crippen LogP contribution < -0.4 is 0 Å². The highest BCUT2D eigenvalue weighted by Crippen LogP contribution is 2.24. The molecule has 1 fully saturated rings. The number of ketones is 1. The maximum Gasteiger partial charge on any atom is 0.187 e. The van der Waals surface area contributed by atoms with Crippen LogP contribution in [0.1, 0.15) is 16.7 Å². The van der Waals surface area contributed by atoms with Crippen molar-refractivity contribution in [3.63, 3.8) is 0 Å². The number of hydrogen-bond acceptors (Lipinski definition) is 2. The van der Waals surface area contributed by atoms with Crippen molar-refractivity contribution < 1.29 is 4.79 Å². The second-order valence-electron chi connectivity index (χ2n) is 7.40. The van der Waals surface area contributed by atoms with Gasteiger partial charge in [0.25, 0.3) is 0 Å². The number of nitrogens with zero attached hydrogens (tertiary/aromatic N) is 1. The van der Waals surface area contributed by atoms with Gasteiger partial charge in [0, 0.05) is 40.8 Å². The fourth-order valence-electron chi connectivity index (χ4n) is 3.58. The Labute approximate surface area is 187 Å². The normalized spacial score (nSPS) is 17.6. The first-order valence-corrected chi connectivity index (χ1v) is 10.6. The molecule has 3 aromatic rings. The van der Waals surface area contributed by atoms with Crippen molar-refractivity contribution in [1.82, 2.24) is 4.90 Å².